The molecule has 0 spiro atoms. The molecule has 2 atom stereocenters. The summed E-state index contributed by atoms with van der Waals surface area (Å²) in [5.41, 5.74) is 3.68. The van der Waals surface area contributed by atoms with Crippen LogP contribution in [-0.4, -0.2) is 21.9 Å². The van der Waals surface area contributed by atoms with Crippen LogP contribution in [0, 0.1) is 0 Å². The first-order valence-electron chi connectivity index (χ1n) is 9.01. The fraction of sp³-hybridized carbons (Fsp3) is 0.182. The Morgan fingerprint density at radius 2 is 1.67 bits per heavy atom. The van der Waals surface area contributed by atoms with Crippen molar-refractivity contribution >= 4 is 21.9 Å². The normalized spacial score (nSPS) is 20.0. The summed E-state index contributed by atoms with van der Waals surface area (Å²) in [5.74, 6) is 1.05. The van der Waals surface area contributed by atoms with Crippen molar-refractivity contribution in [1.29, 1.82) is 0 Å². The number of benzene rings is 2. The van der Waals surface area contributed by atoms with E-state index in [2.05, 4.69) is 12.2 Å². The largest absolute Gasteiger partial charge is 0.495 e. The van der Waals surface area contributed by atoms with Crippen molar-refractivity contribution in [2.24, 2.45) is 0 Å². The topological polar surface area (TPSA) is 67.8 Å². The molecule has 2 heterocycles. The second-order valence-corrected chi connectivity index (χ2v) is 7.26. The van der Waals surface area contributed by atoms with E-state index in [1.165, 1.54) is 4.57 Å². The van der Waals surface area contributed by atoms with Crippen molar-refractivity contribution in [3.63, 3.8) is 0 Å². The lowest BCUT2D eigenvalue weighted by Gasteiger charge is -2.13. The van der Waals surface area contributed by atoms with Crippen molar-refractivity contribution < 1.29 is 19.4 Å². The summed E-state index contributed by atoms with van der Waals surface area (Å²) in [6.07, 6.45) is 5.14. The molecule has 5 nitrogen and oxygen atoms in total. The smallest absolute Gasteiger partial charge is 0.202 e. The Hall–Kier alpha value is -3.34. The van der Waals surface area contributed by atoms with Crippen LogP contribution in [0.1, 0.15) is 29.4 Å². The summed E-state index contributed by atoms with van der Waals surface area (Å²) in [5, 5.41) is 23.8. The number of furan rings is 1. The number of ether oxygens (including phenoxy) is 1. The second kappa shape index (κ2) is 4.88. The zero-order valence-corrected chi connectivity index (χ0v) is 14.6. The van der Waals surface area contributed by atoms with Crippen LogP contribution in [0.3, 0.4) is 0 Å². The fourth-order valence-corrected chi connectivity index (χ4v) is 4.75. The van der Waals surface area contributed by atoms with E-state index in [1.807, 2.05) is 36.4 Å². The van der Waals surface area contributed by atoms with E-state index < -0.39 is 0 Å². The molecule has 2 aliphatic carbocycles. The van der Waals surface area contributed by atoms with Crippen molar-refractivity contribution in [2.75, 3.05) is 7.11 Å². The Morgan fingerprint density at radius 1 is 0.963 bits per heavy atom. The van der Waals surface area contributed by atoms with Crippen molar-refractivity contribution in [1.82, 2.24) is 4.57 Å². The zero-order chi connectivity index (χ0) is 18.3. The lowest BCUT2D eigenvalue weighted by atomic mass is 10.0. The highest BCUT2D eigenvalue weighted by Gasteiger charge is 2.41. The number of rotatable bonds is 2. The van der Waals surface area contributed by atoms with E-state index in [1.54, 1.807) is 7.11 Å². The molecule has 2 bridgehead atoms. The Balaban J connectivity index is 1.66. The van der Waals surface area contributed by atoms with E-state index >= 15 is 0 Å². The van der Waals surface area contributed by atoms with Crippen LogP contribution in [0.25, 0.3) is 27.6 Å². The molecule has 0 aliphatic heterocycles. The minimum absolute atomic E-state index is 0.0770. The van der Waals surface area contributed by atoms with Crippen molar-refractivity contribution in [2.45, 2.75) is 18.3 Å². The molecular formula is C22H17NO4. The molecule has 6 rings (SSSR count). The molecule has 0 radical (unpaired) electrons. The molecule has 2 aliphatic rings. The highest BCUT2D eigenvalue weighted by Crippen LogP contribution is 2.57. The summed E-state index contributed by atoms with van der Waals surface area (Å²) in [6.45, 7) is 0. The highest BCUT2D eigenvalue weighted by atomic mass is 16.5. The molecule has 0 unspecified atom stereocenters. The molecule has 2 N–H and O–H groups in total. The molecule has 2 aromatic heterocycles. The number of nitrogens with zero attached hydrogens (tertiary/aromatic N) is 1. The van der Waals surface area contributed by atoms with E-state index in [-0.39, 0.29) is 23.6 Å². The van der Waals surface area contributed by atoms with Crippen LogP contribution >= 0.6 is 0 Å². The minimum atomic E-state index is 0.0770. The van der Waals surface area contributed by atoms with Gasteiger partial charge in [0.25, 0.3) is 0 Å². The Kier molecular flexibility index (Phi) is 2.67. The number of fused-ring (bicyclic) bond motifs is 8. The molecule has 27 heavy (non-hydrogen) atoms. The summed E-state index contributed by atoms with van der Waals surface area (Å²) < 4.78 is 13.1. The lowest BCUT2D eigenvalue weighted by molar-refractivity contribution is 0.382. The van der Waals surface area contributed by atoms with Gasteiger partial charge in [0.2, 0.25) is 11.8 Å². The van der Waals surface area contributed by atoms with E-state index in [9.17, 15) is 10.2 Å². The maximum atomic E-state index is 10.9. The molecule has 0 fully saturated rings. The number of methoxy groups -OCH3 is 1. The summed E-state index contributed by atoms with van der Waals surface area (Å²) >= 11 is 0. The summed E-state index contributed by atoms with van der Waals surface area (Å²) in [7, 11) is 1.59. The SMILES string of the molecule is COc1cc2c(cc1-n1c(O)c3c(c1O)[C@H]1C=C[C@@H]3C1)oc1ccccc12. The molecule has 5 heteroatoms. The summed E-state index contributed by atoms with van der Waals surface area (Å²) in [6, 6.07) is 11.5. The van der Waals surface area contributed by atoms with Gasteiger partial charge in [-0.1, -0.05) is 30.4 Å². The van der Waals surface area contributed by atoms with Gasteiger partial charge < -0.3 is 19.4 Å². The van der Waals surface area contributed by atoms with Gasteiger partial charge in [-0.3, -0.25) is 0 Å². The standard InChI is InChI=1S/C22H17NO4/c1-26-18-9-14-13-4-2-3-5-16(13)27-17(14)10-15(18)23-21(24)19-11-6-7-12(8-11)20(19)22(23)25/h2-7,9-12,24-25H,8H2,1H3/t11-,12+. The molecule has 4 aromatic rings. The van der Waals surface area contributed by atoms with Crippen LogP contribution in [0.4, 0.5) is 0 Å². The minimum Gasteiger partial charge on any atom is -0.495 e. The van der Waals surface area contributed by atoms with Gasteiger partial charge >= 0.3 is 0 Å². The third-order valence-corrected chi connectivity index (χ3v) is 5.94. The number of aromatic nitrogens is 1. The first-order chi connectivity index (χ1) is 13.2. The Bertz CT molecular complexity index is 1240. The number of para-hydroxylation sites is 1. The average molecular weight is 359 g/mol. The maximum absolute atomic E-state index is 10.9. The number of hydrogen-bond donors (Lipinski definition) is 2. The van der Waals surface area contributed by atoms with Gasteiger partial charge in [-0.25, -0.2) is 4.57 Å². The first-order valence-corrected chi connectivity index (χ1v) is 9.01. The number of hydrogen-bond acceptors (Lipinski definition) is 4. The quantitative estimate of drug-likeness (QED) is 0.498. The van der Waals surface area contributed by atoms with Gasteiger partial charge in [0.05, 0.1) is 12.8 Å². The van der Waals surface area contributed by atoms with Gasteiger partial charge in [-0.15, -0.1) is 0 Å². The van der Waals surface area contributed by atoms with Gasteiger partial charge in [0.15, 0.2) is 0 Å². The first kappa shape index (κ1) is 14.8. The lowest BCUT2D eigenvalue weighted by Crippen LogP contribution is -1.99. The number of aromatic hydroxyl groups is 2. The van der Waals surface area contributed by atoms with E-state index in [0.29, 0.717) is 17.0 Å². The molecule has 0 amide bonds. The van der Waals surface area contributed by atoms with Crippen molar-refractivity contribution in [3.8, 4) is 23.2 Å². The van der Waals surface area contributed by atoms with Gasteiger partial charge in [-0.2, -0.15) is 0 Å². The second-order valence-electron chi connectivity index (χ2n) is 7.26. The van der Waals surface area contributed by atoms with Gasteiger partial charge in [0, 0.05) is 39.8 Å². The van der Waals surface area contributed by atoms with E-state index in [0.717, 1.165) is 33.9 Å². The molecule has 0 saturated heterocycles. The third kappa shape index (κ3) is 1.74. The molecule has 134 valence electrons. The zero-order valence-electron chi connectivity index (χ0n) is 14.6. The van der Waals surface area contributed by atoms with Crippen LogP contribution in [0.15, 0.2) is 53.0 Å². The van der Waals surface area contributed by atoms with Crippen LogP contribution in [-0.2, 0) is 0 Å². The predicted molar refractivity (Wildman–Crippen MR) is 102 cm³/mol. The predicted octanol–water partition coefficient (Wildman–Crippen LogP) is 4.94. The molecular weight excluding hydrogens is 342 g/mol. The van der Waals surface area contributed by atoms with Gasteiger partial charge in [0.1, 0.15) is 16.9 Å². The third-order valence-electron chi connectivity index (χ3n) is 5.94. The fourth-order valence-electron chi connectivity index (χ4n) is 4.75. The number of allylic oxidation sites excluding steroid dienone is 2. The monoisotopic (exact) mass is 359 g/mol. The van der Waals surface area contributed by atoms with Crippen molar-refractivity contribution in [3.05, 3.63) is 59.7 Å². The molecule has 2 aromatic carbocycles. The van der Waals surface area contributed by atoms with Crippen LogP contribution < -0.4 is 4.74 Å². The average Bonchev–Trinajstić information content (AvgIpc) is 3.42. The highest BCUT2D eigenvalue weighted by molar-refractivity contribution is 6.06. The van der Waals surface area contributed by atoms with E-state index in [4.69, 9.17) is 9.15 Å². The Morgan fingerprint density at radius 3 is 2.37 bits per heavy atom. The Labute approximate surface area is 154 Å². The molecule has 0 saturated carbocycles. The van der Waals surface area contributed by atoms with Crippen LogP contribution in [0.5, 0.6) is 17.5 Å². The summed E-state index contributed by atoms with van der Waals surface area (Å²) in [4.78, 5) is 0. The van der Waals surface area contributed by atoms with Gasteiger partial charge in [-0.05, 0) is 18.6 Å². The maximum Gasteiger partial charge on any atom is 0.202 e. The van der Waals surface area contributed by atoms with Crippen LogP contribution in [0.2, 0.25) is 0 Å².